The number of hydrogen-bond donors (Lipinski definition) is 0. The summed E-state index contributed by atoms with van der Waals surface area (Å²) in [6.07, 6.45) is 15.0. The second-order valence-corrected chi connectivity index (χ2v) is 9.18. The molecule has 2 aliphatic carbocycles. The van der Waals surface area contributed by atoms with Crippen LogP contribution < -0.4 is 4.90 Å². The zero-order valence-electron chi connectivity index (χ0n) is 17.0. The summed E-state index contributed by atoms with van der Waals surface area (Å²) in [6, 6.07) is 0. The molecule has 1 aliphatic heterocycles. The zero-order chi connectivity index (χ0) is 18.9. The van der Waals surface area contributed by atoms with E-state index in [9.17, 15) is 4.79 Å². The maximum absolute atomic E-state index is 13.0. The van der Waals surface area contributed by atoms with E-state index in [4.69, 9.17) is 4.98 Å². The Morgan fingerprint density at radius 3 is 2.81 bits per heavy atom. The van der Waals surface area contributed by atoms with Crippen LogP contribution in [0.1, 0.15) is 75.5 Å². The van der Waals surface area contributed by atoms with Crippen LogP contribution >= 0.6 is 0 Å². The van der Waals surface area contributed by atoms with Crippen molar-refractivity contribution in [3.63, 3.8) is 0 Å². The van der Waals surface area contributed by atoms with Crippen molar-refractivity contribution in [2.45, 2.75) is 76.0 Å². The van der Waals surface area contributed by atoms with E-state index in [1.54, 1.807) is 0 Å². The molecule has 5 nitrogen and oxygen atoms in total. The van der Waals surface area contributed by atoms with Gasteiger partial charge in [-0.15, -0.1) is 0 Å². The first-order chi connectivity index (χ1) is 13.1. The molecule has 1 aromatic rings. The number of piperidine rings is 1. The number of anilines is 1. The Labute approximate surface area is 163 Å². The van der Waals surface area contributed by atoms with Gasteiger partial charge in [-0.25, -0.2) is 9.97 Å². The Balaban J connectivity index is 1.44. The standard InChI is InChI=1S/C22H34N4O/c1-25(2)21-23-15-18-11-13-22(20(18)24-21)12-6-14-26(16-22)19(27)10-9-17-7-4-3-5-8-17/h15,17H,3-14,16H2,1-2H3. The average Bonchev–Trinajstić information content (AvgIpc) is 3.04. The lowest BCUT2D eigenvalue weighted by molar-refractivity contribution is -0.133. The molecule has 1 unspecified atom stereocenters. The quantitative estimate of drug-likeness (QED) is 0.811. The molecule has 0 aromatic carbocycles. The molecule has 2 fully saturated rings. The number of nitrogens with zero attached hydrogens (tertiary/aromatic N) is 4. The number of hydrogen-bond acceptors (Lipinski definition) is 4. The molecule has 1 saturated heterocycles. The third-order valence-corrected chi connectivity index (χ3v) is 7.05. The lowest BCUT2D eigenvalue weighted by Crippen LogP contribution is -2.48. The smallest absolute Gasteiger partial charge is 0.225 e. The summed E-state index contributed by atoms with van der Waals surface area (Å²) in [5.41, 5.74) is 2.56. The molecular weight excluding hydrogens is 336 g/mol. The van der Waals surface area contributed by atoms with E-state index in [0.29, 0.717) is 5.91 Å². The minimum atomic E-state index is 0.0573. The van der Waals surface area contributed by atoms with Crippen LogP contribution in [0.5, 0.6) is 0 Å². The first kappa shape index (κ1) is 18.7. The van der Waals surface area contributed by atoms with Crippen molar-refractivity contribution >= 4 is 11.9 Å². The number of aryl methyl sites for hydroxylation is 1. The van der Waals surface area contributed by atoms with Gasteiger partial charge in [-0.2, -0.15) is 0 Å². The van der Waals surface area contributed by atoms with Gasteiger partial charge in [0.1, 0.15) is 0 Å². The Kier molecular flexibility index (Phi) is 5.38. The van der Waals surface area contributed by atoms with Gasteiger partial charge < -0.3 is 9.80 Å². The fraction of sp³-hybridized carbons (Fsp3) is 0.773. The summed E-state index contributed by atoms with van der Waals surface area (Å²) >= 11 is 0. The number of carbonyl (C=O) groups excluding carboxylic acids is 1. The van der Waals surface area contributed by atoms with Crippen molar-refractivity contribution in [3.8, 4) is 0 Å². The van der Waals surface area contributed by atoms with Gasteiger partial charge in [0.25, 0.3) is 0 Å². The molecule has 148 valence electrons. The molecule has 3 aliphatic rings. The summed E-state index contributed by atoms with van der Waals surface area (Å²) < 4.78 is 0. The van der Waals surface area contributed by atoms with Crippen LogP contribution in [0.2, 0.25) is 0 Å². The maximum atomic E-state index is 13.0. The predicted molar refractivity (Wildman–Crippen MR) is 108 cm³/mol. The van der Waals surface area contributed by atoms with Crippen LogP contribution in [0.15, 0.2) is 6.20 Å². The Morgan fingerprint density at radius 1 is 1.22 bits per heavy atom. The second-order valence-electron chi connectivity index (χ2n) is 9.18. The van der Waals surface area contributed by atoms with Crippen molar-refractivity contribution in [2.75, 3.05) is 32.1 Å². The molecule has 0 radical (unpaired) electrons. The number of likely N-dealkylation sites (tertiary alicyclic amines) is 1. The summed E-state index contributed by atoms with van der Waals surface area (Å²) in [6.45, 7) is 1.78. The van der Waals surface area contributed by atoms with E-state index in [-0.39, 0.29) is 5.41 Å². The summed E-state index contributed by atoms with van der Waals surface area (Å²) in [5, 5.41) is 0. The molecule has 1 atom stereocenters. The van der Waals surface area contributed by atoms with E-state index in [1.807, 2.05) is 25.2 Å². The van der Waals surface area contributed by atoms with Crippen molar-refractivity contribution in [1.29, 1.82) is 0 Å². The third-order valence-electron chi connectivity index (χ3n) is 7.05. The molecule has 5 heteroatoms. The fourth-order valence-electron chi connectivity index (χ4n) is 5.45. The van der Waals surface area contributed by atoms with Gasteiger partial charge in [0.2, 0.25) is 11.9 Å². The molecule has 1 amide bonds. The van der Waals surface area contributed by atoms with Gasteiger partial charge in [-0.05, 0) is 43.6 Å². The highest BCUT2D eigenvalue weighted by Crippen LogP contribution is 2.44. The molecule has 4 rings (SSSR count). The lowest BCUT2D eigenvalue weighted by atomic mass is 9.77. The lowest BCUT2D eigenvalue weighted by Gasteiger charge is -2.41. The van der Waals surface area contributed by atoms with Crippen molar-refractivity contribution in [3.05, 3.63) is 17.5 Å². The van der Waals surface area contributed by atoms with Crippen molar-refractivity contribution in [1.82, 2.24) is 14.9 Å². The SMILES string of the molecule is CN(C)c1ncc2c(n1)C1(CCCN(C(=O)CCC3CCCCC3)C1)CC2. The maximum Gasteiger partial charge on any atom is 0.225 e. The summed E-state index contributed by atoms with van der Waals surface area (Å²) in [7, 11) is 3.98. The molecule has 27 heavy (non-hydrogen) atoms. The minimum Gasteiger partial charge on any atom is -0.347 e. The van der Waals surface area contributed by atoms with Crippen LogP contribution in [0.25, 0.3) is 0 Å². The van der Waals surface area contributed by atoms with Gasteiger partial charge in [0, 0.05) is 45.2 Å². The van der Waals surface area contributed by atoms with Gasteiger partial charge >= 0.3 is 0 Å². The monoisotopic (exact) mass is 370 g/mol. The molecule has 1 saturated carbocycles. The Morgan fingerprint density at radius 2 is 2.04 bits per heavy atom. The zero-order valence-corrected chi connectivity index (χ0v) is 17.0. The summed E-state index contributed by atoms with van der Waals surface area (Å²) in [5.74, 6) is 1.94. The molecule has 0 bridgehead atoms. The Bertz CT molecular complexity index is 679. The number of aromatic nitrogens is 2. The average molecular weight is 371 g/mol. The predicted octanol–water partition coefficient (Wildman–Crippen LogP) is 3.71. The number of rotatable bonds is 4. The van der Waals surface area contributed by atoms with E-state index in [2.05, 4.69) is 9.88 Å². The molecule has 2 heterocycles. The topological polar surface area (TPSA) is 49.3 Å². The number of fused-ring (bicyclic) bond motifs is 2. The van der Waals surface area contributed by atoms with E-state index in [0.717, 1.165) is 63.5 Å². The first-order valence-corrected chi connectivity index (χ1v) is 10.9. The highest BCUT2D eigenvalue weighted by molar-refractivity contribution is 5.76. The van der Waals surface area contributed by atoms with Gasteiger partial charge in [0.15, 0.2) is 0 Å². The number of carbonyl (C=O) groups is 1. The van der Waals surface area contributed by atoms with Gasteiger partial charge in [-0.1, -0.05) is 32.1 Å². The van der Waals surface area contributed by atoms with Crippen LogP contribution in [-0.4, -0.2) is 48.0 Å². The first-order valence-electron chi connectivity index (χ1n) is 10.9. The number of amides is 1. The normalized spacial score (nSPS) is 25.6. The molecule has 1 spiro atoms. The highest BCUT2D eigenvalue weighted by atomic mass is 16.2. The summed E-state index contributed by atoms with van der Waals surface area (Å²) in [4.78, 5) is 26.5. The third kappa shape index (κ3) is 3.83. The van der Waals surface area contributed by atoms with Crippen LogP contribution in [0.4, 0.5) is 5.95 Å². The van der Waals surface area contributed by atoms with Crippen molar-refractivity contribution in [2.24, 2.45) is 5.92 Å². The molecule has 0 N–H and O–H groups in total. The minimum absolute atomic E-state index is 0.0573. The van der Waals surface area contributed by atoms with E-state index >= 15 is 0 Å². The van der Waals surface area contributed by atoms with Gasteiger partial charge in [-0.3, -0.25) is 4.79 Å². The van der Waals surface area contributed by atoms with Crippen LogP contribution in [-0.2, 0) is 16.6 Å². The van der Waals surface area contributed by atoms with Crippen LogP contribution in [0.3, 0.4) is 0 Å². The van der Waals surface area contributed by atoms with E-state index in [1.165, 1.54) is 43.4 Å². The molecule has 1 aromatic heterocycles. The fourth-order valence-corrected chi connectivity index (χ4v) is 5.45. The van der Waals surface area contributed by atoms with Gasteiger partial charge in [0.05, 0.1) is 5.69 Å². The van der Waals surface area contributed by atoms with Crippen molar-refractivity contribution < 1.29 is 4.79 Å². The highest BCUT2D eigenvalue weighted by Gasteiger charge is 2.44. The molecular formula is C22H34N4O. The Hall–Kier alpha value is -1.65. The largest absolute Gasteiger partial charge is 0.347 e. The second kappa shape index (κ2) is 7.76. The van der Waals surface area contributed by atoms with Crippen LogP contribution in [0, 0.1) is 5.92 Å². The van der Waals surface area contributed by atoms with E-state index < -0.39 is 0 Å².